The van der Waals surface area contributed by atoms with Crippen LogP contribution in [0.2, 0.25) is 5.02 Å². The number of methoxy groups -OCH3 is 1. The first-order valence-corrected chi connectivity index (χ1v) is 6.23. The quantitative estimate of drug-likeness (QED) is 0.906. The van der Waals surface area contributed by atoms with Crippen molar-refractivity contribution in [3.63, 3.8) is 0 Å². The number of anilines is 1. The Morgan fingerprint density at radius 3 is 2.62 bits per heavy atom. The lowest BCUT2D eigenvalue weighted by atomic mass is 10.2. The smallest absolute Gasteiger partial charge is 0.337 e. The predicted octanol–water partition coefficient (Wildman–Crippen LogP) is 2.69. The average molecular weight is 307 g/mol. The molecule has 0 aliphatic carbocycles. The fourth-order valence-electron chi connectivity index (χ4n) is 1.64. The maximum Gasteiger partial charge on any atom is 0.337 e. The molecule has 1 amide bonds. The lowest BCUT2D eigenvalue weighted by molar-refractivity contribution is 0.0696. The lowest BCUT2D eigenvalue weighted by Crippen LogP contribution is -2.14. The van der Waals surface area contributed by atoms with Gasteiger partial charge in [-0.05, 0) is 30.3 Å². The van der Waals surface area contributed by atoms with Crippen molar-refractivity contribution in [2.75, 3.05) is 12.4 Å². The molecule has 2 N–H and O–H groups in total. The molecule has 0 atom stereocenters. The van der Waals surface area contributed by atoms with E-state index in [-0.39, 0.29) is 16.9 Å². The van der Waals surface area contributed by atoms with E-state index in [4.69, 9.17) is 21.4 Å². The number of rotatable bonds is 4. The van der Waals surface area contributed by atoms with Gasteiger partial charge in [0.15, 0.2) is 0 Å². The third-order valence-electron chi connectivity index (χ3n) is 2.66. The zero-order valence-corrected chi connectivity index (χ0v) is 11.7. The molecule has 0 saturated carbocycles. The summed E-state index contributed by atoms with van der Waals surface area (Å²) in [5.74, 6) is -0.937. The molecule has 0 saturated heterocycles. The minimum atomic E-state index is -1.09. The van der Waals surface area contributed by atoms with Gasteiger partial charge in [0.25, 0.3) is 5.91 Å². The normalized spacial score (nSPS) is 10.0. The molecular formula is C14H11ClN2O4. The lowest BCUT2D eigenvalue weighted by Gasteiger charge is -2.09. The second kappa shape index (κ2) is 6.23. The molecule has 0 fully saturated rings. The van der Waals surface area contributed by atoms with E-state index in [1.807, 2.05) is 0 Å². The Hall–Kier alpha value is -2.60. The molecule has 0 aliphatic heterocycles. The van der Waals surface area contributed by atoms with Crippen molar-refractivity contribution in [2.24, 2.45) is 0 Å². The molecule has 1 heterocycles. The van der Waals surface area contributed by atoms with Gasteiger partial charge in [-0.25, -0.2) is 9.78 Å². The Morgan fingerprint density at radius 1 is 1.29 bits per heavy atom. The highest BCUT2D eigenvalue weighted by Gasteiger charge is 2.14. The number of pyridine rings is 1. The number of hydrogen-bond donors (Lipinski definition) is 2. The van der Waals surface area contributed by atoms with E-state index >= 15 is 0 Å². The van der Waals surface area contributed by atoms with E-state index in [2.05, 4.69) is 10.3 Å². The molecular weight excluding hydrogens is 296 g/mol. The van der Waals surface area contributed by atoms with Crippen molar-refractivity contribution >= 4 is 29.3 Å². The van der Waals surface area contributed by atoms with Crippen molar-refractivity contribution in [3.05, 3.63) is 52.7 Å². The van der Waals surface area contributed by atoms with Crippen LogP contribution in [0.4, 0.5) is 5.82 Å². The summed E-state index contributed by atoms with van der Waals surface area (Å²) in [5.41, 5.74) is 0.294. The monoisotopic (exact) mass is 306 g/mol. The van der Waals surface area contributed by atoms with Crippen LogP contribution in [0.15, 0.2) is 36.5 Å². The molecule has 7 heteroatoms. The first kappa shape index (κ1) is 14.8. The summed E-state index contributed by atoms with van der Waals surface area (Å²) in [7, 11) is 1.44. The van der Waals surface area contributed by atoms with Gasteiger partial charge in [0.05, 0.1) is 18.2 Å². The van der Waals surface area contributed by atoms with Crippen molar-refractivity contribution in [3.8, 4) is 5.75 Å². The van der Waals surface area contributed by atoms with Crippen LogP contribution in [-0.4, -0.2) is 29.1 Å². The number of nitrogens with zero attached hydrogens (tertiary/aromatic N) is 1. The topological polar surface area (TPSA) is 88.5 Å². The predicted molar refractivity (Wildman–Crippen MR) is 77.2 cm³/mol. The van der Waals surface area contributed by atoms with E-state index in [1.165, 1.54) is 25.3 Å². The standard InChI is InChI=1S/C14H11ClN2O4/c1-21-11-4-3-9(15)6-10(11)13(18)17-12-5-2-8(7-16-12)14(19)20/h2-7H,1H3,(H,19,20)(H,16,17,18). The second-order valence-electron chi connectivity index (χ2n) is 4.04. The van der Waals surface area contributed by atoms with Gasteiger partial charge in [0.2, 0.25) is 0 Å². The molecule has 0 spiro atoms. The van der Waals surface area contributed by atoms with E-state index in [0.717, 1.165) is 6.20 Å². The highest BCUT2D eigenvalue weighted by Crippen LogP contribution is 2.23. The highest BCUT2D eigenvalue weighted by atomic mass is 35.5. The number of carbonyl (C=O) groups is 2. The van der Waals surface area contributed by atoms with Gasteiger partial charge in [0, 0.05) is 11.2 Å². The fourth-order valence-corrected chi connectivity index (χ4v) is 1.81. The van der Waals surface area contributed by atoms with Gasteiger partial charge in [-0.1, -0.05) is 11.6 Å². The number of hydrogen-bond acceptors (Lipinski definition) is 4. The van der Waals surface area contributed by atoms with Crippen LogP contribution < -0.4 is 10.1 Å². The van der Waals surface area contributed by atoms with Crippen LogP contribution >= 0.6 is 11.6 Å². The van der Waals surface area contributed by atoms with Crippen molar-refractivity contribution in [1.29, 1.82) is 0 Å². The average Bonchev–Trinajstić information content (AvgIpc) is 2.47. The molecule has 0 unspecified atom stereocenters. The highest BCUT2D eigenvalue weighted by molar-refractivity contribution is 6.31. The Labute approximate surface area is 125 Å². The number of carboxylic acids is 1. The Kier molecular flexibility index (Phi) is 4.39. The molecule has 0 bridgehead atoms. The molecule has 21 heavy (non-hydrogen) atoms. The van der Waals surface area contributed by atoms with Gasteiger partial charge in [-0.15, -0.1) is 0 Å². The van der Waals surface area contributed by atoms with E-state index in [0.29, 0.717) is 10.8 Å². The molecule has 6 nitrogen and oxygen atoms in total. The number of halogens is 1. The molecule has 2 rings (SSSR count). The number of aromatic carboxylic acids is 1. The van der Waals surface area contributed by atoms with Crippen LogP contribution in [0, 0.1) is 0 Å². The first-order valence-electron chi connectivity index (χ1n) is 5.85. The van der Waals surface area contributed by atoms with Gasteiger partial charge >= 0.3 is 5.97 Å². The minimum absolute atomic E-state index is 0.0355. The van der Waals surface area contributed by atoms with Gasteiger partial charge in [-0.2, -0.15) is 0 Å². The summed E-state index contributed by atoms with van der Waals surface area (Å²) in [5, 5.41) is 11.7. The number of ether oxygens (including phenoxy) is 1. The summed E-state index contributed by atoms with van der Waals surface area (Å²) < 4.78 is 5.09. The number of benzene rings is 1. The first-order chi connectivity index (χ1) is 10.0. The van der Waals surface area contributed by atoms with E-state index < -0.39 is 11.9 Å². The van der Waals surface area contributed by atoms with Crippen LogP contribution in [0.1, 0.15) is 20.7 Å². The molecule has 1 aromatic carbocycles. The molecule has 0 radical (unpaired) electrons. The maximum atomic E-state index is 12.2. The second-order valence-corrected chi connectivity index (χ2v) is 4.47. The zero-order valence-electron chi connectivity index (χ0n) is 11.0. The zero-order chi connectivity index (χ0) is 15.4. The maximum absolute atomic E-state index is 12.2. The van der Waals surface area contributed by atoms with Crippen LogP contribution in [0.25, 0.3) is 0 Å². The van der Waals surface area contributed by atoms with E-state index in [9.17, 15) is 9.59 Å². The Bertz CT molecular complexity index is 686. The van der Waals surface area contributed by atoms with Crippen LogP contribution in [0.3, 0.4) is 0 Å². The van der Waals surface area contributed by atoms with Crippen molar-refractivity contribution < 1.29 is 19.4 Å². The van der Waals surface area contributed by atoms with Crippen LogP contribution in [0.5, 0.6) is 5.75 Å². The number of carboxylic acid groups (broad SMARTS) is 1. The molecule has 2 aromatic rings. The fraction of sp³-hybridized carbons (Fsp3) is 0.0714. The SMILES string of the molecule is COc1ccc(Cl)cc1C(=O)Nc1ccc(C(=O)O)cn1. The van der Waals surface area contributed by atoms with Gasteiger partial charge in [-0.3, -0.25) is 4.79 Å². The summed E-state index contributed by atoms with van der Waals surface area (Å²) in [6, 6.07) is 7.41. The number of amides is 1. The third kappa shape index (κ3) is 3.49. The number of carbonyl (C=O) groups excluding carboxylic acids is 1. The van der Waals surface area contributed by atoms with E-state index in [1.54, 1.807) is 12.1 Å². The molecule has 108 valence electrons. The molecule has 1 aromatic heterocycles. The molecule has 0 aliphatic rings. The number of nitrogens with one attached hydrogen (secondary N) is 1. The number of aromatic nitrogens is 1. The van der Waals surface area contributed by atoms with Crippen LogP contribution in [-0.2, 0) is 0 Å². The summed E-state index contributed by atoms with van der Waals surface area (Å²) in [6.07, 6.45) is 1.16. The minimum Gasteiger partial charge on any atom is -0.496 e. The van der Waals surface area contributed by atoms with Crippen molar-refractivity contribution in [2.45, 2.75) is 0 Å². The van der Waals surface area contributed by atoms with Crippen molar-refractivity contribution in [1.82, 2.24) is 4.98 Å². The van der Waals surface area contributed by atoms with Gasteiger partial charge in [0.1, 0.15) is 11.6 Å². The summed E-state index contributed by atoms with van der Waals surface area (Å²) >= 11 is 5.86. The Balaban J connectivity index is 2.21. The summed E-state index contributed by atoms with van der Waals surface area (Å²) in [4.78, 5) is 26.7. The third-order valence-corrected chi connectivity index (χ3v) is 2.89. The Morgan fingerprint density at radius 2 is 2.05 bits per heavy atom. The summed E-state index contributed by atoms with van der Waals surface area (Å²) in [6.45, 7) is 0. The van der Waals surface area contributed by atoms with Gasteiger partial charge < -0.3 is 15.2 Å². The largest absolute Gasteiger partial charge is 0.496 e.